The van der Waals surface area contributed by atoms with Gasteiger partial charge >= 0.3 is 5.97 Å². The molecule has 0 aromatic heterocycles. The van der Waals surface area contributed by atoms with Crippen LogP contribution >= 0.6 is 0 Å². The topological polar surface area (TPSA) is 110 Å². The molecule has 10 heteroatoms. The quantitative estimate of drug-likeness (QED) is 0.399. The molecular weight excluding hydrogens is 392 g/mol. The van der Waals surface area contributed by atoms with Gasteiger partial charge in [-0.3, -0.25) is 19.7 Å². The van der Waals surface area contributed by atoms with E-state index in [0.717, 1.165) is 6.41 Å². The molecule has 2 atom stereocenters. The molecule has 0 aliphatic carbocycles. The molecule has 2 heterocycles. The first-order chi connectivity index (χ1) is 14.5. The fourth-order valence-electron chi connectivity index (χ4n) is 3.55. The molecule has 0 unspecified atom stereocenters. The highest BCUT2D eigenvalue weighted by Gasteiger charge is 2.43. The summed E-state index contributed by atoms with van der Waals surface area (Å²) < 4.78 is 15.9. The number of nitrogens with zero attached hydrogens (tertiary/aromatic N) is 3. The van der Waals surface area contributed by atoms with Gasteiger partial charge in [0.15, 0.2) is 5.92 Å². The van der Waals surface area contributed by atoms with E-state index in [1.165, 1.54) is 7.11 Å². The van der Waals surface area contributed by atoms with Crippen LogP contribution in [0.15, 0.2) is 23.2 Å². The van der Waals surface area contributed by atoms with Gasteiger partial charge in [0.05, 0.1) is 20.8 Å². The van der Waals surface area contributed by atoms with E-state index in [2.05, 4.69) is 5.32 Å². The SMILES string of the molecule is CCOC(=O)[C@H]1C(=O)NC(N2CCN(C=O)CC2)=N[C@@H]1c1ccc(OC)cc1OC. The number of hydrogen-bond donors (Lipinski definition) is 1. The Kier molecular flexibility index (Phi) is 6.76. The first-order valence-corrected chi connectivity index (χ1v) is 9.73. The van der Waals surface area contributed by atoms with Gasteiger partial charge in [-0.2, -0.15) is 0 Å². The van der Waals surface area contributed by atoms with Crippen LogP contribution in [-0.2, 0) is 19.1 Å². The zero-order valence-electron chi connectivity index (χ0n) is 17.3. The summed E-state index contributed by atoms with van der Waals surface area (Å²) >= 11 is 0. The number of esters is 1. The van der Waals surface area contributed by atoms with Gasteiger partial charge in [-0.05, 0) is 19.1 Å². The molecule has 0 radical (unpaired) electrons. The monoisotopic (exact) mass is 418 g/mol. The minimum Gasteiger partial charge on any atom is -0.497 e. The molecule has 1 aromatic rings. The molecule has 2 aliphatic heterocycles. The summed E-state index contributed by atoms with van der Waals surface area (Å²) in [6.07, 6.45) is 0.806. The lowest BCUT2D eigenvalue weighted by atomic mass is 9.90. The van der Waals surface area contributed by atoms with E-state index < -0.39 is 23.8 Å². The largest absolute Gasteiger partial charge is 0.497 e. The van der Waals surface area contributed by atoms with Gasteiger partial charge in [-0.25, -0.2) is 4.99 Å². The first kappa shape index (κ1) is 21.4. The fourth-order valence-corrected chi connectivity index (χ4v) is 3.55. The summed E-state index contributed by atoms with van der Waals surface area (Å²) in [4.78, 5) is 44.8. The zero-order valence-corrected chi connectivity index (χ0v) is 17.3. The van der Waals surface area contributed by atoms with E-state index in [4.69, 9.17) is 19.2 Å². The lowest BCUT2D eigenvalue weighted by Gasteiger charge is -2.37. The maximum absolute atomic E-state index is 12.9. The average molecular weight is 418 g/mol. The highest BCUT2D eigenvalue weighted by Crippen LogP contribution is 2.38. The number of guanidine groups is 1. The molecule has 0 spiro atoms. The van der Waals surface area contributed by atoms with Gasteiger partial charge in [0.25, 0.3) is 0 Å². The normalized spacial score (nSPS) is 21.4. The standard InChI is InChI=1S/C20H26N4O6/c1-4-30-19(27)16-17(14-6-5-13(28-2)11-15(14)29-3)21-20(22-18(16)26)24-9-7-23(12-25)8-10-24/h5-6,11-12,16-17H,4,7-10H2,1-3H3,(H,21,22,26)/t16-,17-/m1/s1. The molecule has 1 aromatic carbocycles. The van der Waals surface area contributed by atoms with Crippen molar-refractivity contribution in [3.05, 3.63) is 23.8 Å². The summed E-state index contributed by atoms with van der Waals surface area (Å²) in [7, 11) is 3.04. The Morgan fingerprint density at radius 1 is 1.23 bits per heavy atom. The number of nitrogens with one attached hydrogen (secondary N) is 1. The van der Waals surface area contributed by atoms with Crippen LogP contribution in [0, 0.1) is 5.92 Å². The molecule has 0 bridgehead atoms. The van der Waals surface area contributed by atoms with Crippen molar-refractivity contribution in [1.82, 2.24) is 15.1 Å². The van der Waals surface area contributed by atoms with Crippen molar-refractivity contribution < 1.29 is 28.6 Å². The van der Waals surface area contributed by atoms with Crippen LogP contribution in [0.4, 0.5) is 0 Å². The molecule has 30 heavy (non-hydrogen) atoms. The van der Waals surface area contributed by atoms with Crippen molar-refractivity contribution in [2.45, 2.75) is 13.0 Å². The molecular formula is C20H26N4O6. The lowest BCUT2D eigenvalue weighted by molar-refractivity contribution is -0.153. The lowest BCUT2D eigenvalue weighted by Crippen LogP contribution is -2.57. The van der Waals surface area contributed by atoms with Crippen LogP contribution < -0.4 is 14.8 Å². The number of carbonyl (C=O) groups is 3. The number of amides is 2. The Hall–Kier alpha value is -3.30. The maximum atomic E-state index is 12.9. The predicted molar refractivity (Wildman–Crippen MR) is 107 cm³/mol. The van der Waals surface area contributed by atoms with E-state index in [0.29, 0.717) is 49.2 Å². The van der Waals surface area contributed by atoms with Gasteiger partial charge in [0, 0.05) is 37.8 Å². The molecule has 2 amide bonds. The van der Waals surface area contributed by atoms with E-state index in [9.17, 15) is 14.4 Å². The smallest absolute Gasteiger partial charge is 0.321 e. The Balaban J connectivity index is 2.00. The average Bonchev–Trinajstić information content (AvgIpc) is 2.78. The molecule has 1 fully saturated rings. The minimum absolute atomic E-state index is 0.152. The van der Waals surface area contributed by atoms with Crippen LogP contribution in [0.2, 0.25) is 0 Å². The van der Waals surface area contributed by atoms with Crippen molar-refractivity contribution in [2.24, 2.45) is 10.9 Å². The molecule has 1 N–H and O–H groups in total. The predicted octanol–water partition coefficient (Wildman–Crippen LogP) is 0.184. The summed E-state index contributed by atoms with van der Waals surface area (Å²) in [5.74, 6) is -0.873. The second kappa shape index (κ2) is 9.47. The second-order valence-electron chi connectivity index (χ2n) is 6.85. The number of benzene rings is 1. The number of rotatable bonds is 6. The van der Waals surface area contributed by atoms with Crippen LogP contribution in [-0.4, -0.2) is 81.1 Å². The maximum Gasteiger partial charge on any atom is 0.321 e. The van der Waals surface area contributed by atoms with Crippen LogP contribution in [0.1, 0.15) is 18.5 Å². The third kappa shape index (κ3) is 4.32. The van der Waals surface area contributed by atoms with Crippen molar-refractivity contribution in [3.63, 3.8) is 0 Å². The van der Waals surface area contributed by atoms with Crippen molar-refractivity contribution in [2.75, 3.05) is 47.0 Å². The third-order valence-corrected chi connectivity index (χ3v) is 5.16. The van der Waals surface area contributed by atoms with Crippen LogP contribution in [0.5, 0.6) is 11.5 Å². The molecule has 2 aliphatic rings. The number of piperazine rings is 1. The first-order valence-electron chi connectivity index (χ1n) is 9.73. The van der Waals surface area contributed by atoms with Crippen molar-refractivity contribution in [3.8, 4) is 11.5 Å². The van der Waals surface area contributed by atoms with Crippen molar-refractivity contribution in [1.29, 1.82) is 0 Å². The van der Waals surface area contributed by atoms with Gasteiger partial charge in [-0.15, -0.1) is 0 Å². The van der Waals surface area contributed by atoms with Gasteiger partial charge in [-0.1, -0.05) is 0 Å². The van der Waals surface area contributed by atoms with Gasteiger partial charge < -0.3 is 24.0 Å². The van der Waals surface area contributed by atoms with E-state index >= 15 is 0 Å². The van der Waals surface area contributed by atoms with Crippen LogP contribution in [0.3, 0.4) is 0 Å². The van der Waals surface area contributed by atoms with Crippen LogP contribution in [0.25, 0.3) is 0 Å². The molecule has 3 rings (SSSR count). The Labute approximate surface area is 174 Å². The highest BCUT2D eigenvalue weighted by atomic mass is 16.5. The molecule has 1 saturated heterocycles. The van der Waals surface area contributed by atoms with Crippen molar-refractivity contribution >= 4 is 24.2 Å². The Morgan fingerprint density at radius 2 is 1.97 bits per heavy atom. The number of ether oxygens (including phenoxy) is 3. The Morgan fingerprint density at radius 3 is 2.57 bits per heavy atom. The summed E-state index contributed by atoms with van der Waals surface area (Å²) in [6, 6.07) is 4.32. The number of methoxy groups -OCH3 is 2. The van der Waals surface area contributed by atoms with Gasteiger partial charge in [0.1, 0.15) is 17.5 Å². The summed E-state index contributed by atoms with van der Waals surface area (Å²) in [5.41, 5.74) is 0.579. The van der Waals surface area contributed by atoms with Gasteiger partial charge in [0.2, 0.25) is 18.3 Å². The minimum atomic E-state index is -1.15. The molecule has 162 valence electrons. The summed E-state index contributed by atoms with van der Waals surface area (Å²) in [6.45, 7) is 3.93. The molecule has 0 saturated carbocycles. The number of aliphatic imine (C=N–C) groups is 1. The molecule has 10 nitrogen and oxygen atoms in total. The van der Waals surface area contributed by atoms with E-state index in [1.54, 1.807) is 37.1 Å². The van der Waals surface area contributed by atoms with E-state index in [-0.39, 0.29) is 6.61 Å². The Bertz CT molecular complexity index is 835. The third-order valence-electron chi connectivity index (χ3n) is 5.16. The summed E-state index contributed by atoms with van der Waals surface area (Å²) in [5, 5.41) is 2.73. The zero-order chi connectivity index (χ0) is 21.7. The fraction of sp³-hybridized carbons (Fsp3) is 0.500. The second-order valence-corrected chi connectivity index (χ2v) is 6.85. The number of hydrogen-bond acceptors (Lipinski definition) is 8. The van der Waals surface area contributed by atoms with E-state index in [1.807, 2.05) is 4.90 Å². The number of carbonyl (C=O) groups excluding carboxylic acids is 3. The highest BCUT2D eigenvalue weighted by molar-refractivity contribution is 6.08.